The number of nitrogen functional groups attached to an aromatic ring is 1. The second kappa shape index (κ2) is 4.77. The Bertz CT molecular complexity index is 640. The molecule has 0 radical (unpaired) electrons. The van der Waals surface area contributed by atoms with Crippen LogP contribution in [0.1, 0.15) is 19.3 Å². The first-order valence-electron chi connectivity index (χ1n) is 6.57. The van der Waals surface area contributed by atoms with Gasteiger partial charge in [0.05, 0.1) is 12.5 Å². The van der Waals surface area contributed by atoms with Gasteiger partial charge < -0.3 is 10.6 Å². The second-order valence-corrected chi connectivity index (χ2v) is 4.93. The number of pyridine rings is 1. The van der Waals surface area contributed by atoms with E-state index in [0.29, 0.717) is 12.5 Å². The predicted molar refractivity (Wildman–Crippen MR) is 76.8 cm³/mol. The largest absolute Gasteiger partial charge is 0.398 e. The molecule has 1 aliphatic carbocycles. The van der Waals surface area contributed by atoms with Gasteiger partial charge in [-0.05, 0) is 31.0 Å². The molecular formula is C15H16N4. The zero-order valence-corrected chi connectivity index (χ0v) is 10.7. The molecule has 2 N–H and O–H groups in total. The van der Waals surface area contributed by atoms with Crippen LogP contribution in [-0.2, 0) is 0 Å². The summed E-state index contributed by atoms with van der Waals surface area (Å²) in [6.45, 7) is 0.780. The SMILES string of the molecule is N#CCCN(c1ccc(N)c2cnccc12)C1CC1. The van der Waals surface area contributed by atoms with Crippen LogP contribution < -0.4 is 10.6 Å². The van der Waals surface area contributed by atoms with Gasteiger partial charge in [0.25, 0.3) is 0 Å². The first kappa shape index (κ1) is 11.8. The smallest absolute Gasteiger partial charge is 0.0640 e. The van der Waals surface area contributed by atoms with Gasteiger partial charge in [-0.2, -0.15) is 5.26 Å². The first-order chi connectivity index (χ1) is 9.31. The van der Waals surface area contributed by atoms with Gasteiger partial charge in [0, 0.05) is 47.1 Å². The molecule has 0 amide bonds. The molecule has 1 aromatic carbocycles. The number of nitrogens with two attached hydrogens (primary N) is 1. The second-order valence-electron chi connectivity index (χ2n) is 4.93. The standard InChI is InChI=1S/C15H16N4/c16-7-1-9-19(11-2-3-11)15-5-4-14(17)13-10-18-8-6-12(13)15/h4-6,8,10-11H,1-3,9,17H2. The maximum Gasteiger partial charge on any atom is 0.0640 e. The number of hydrogen-bond acceptors (Lipinski definition) is 4. The molecule has 1 aliphatic rings. The van der Waals surface area contributed by atoms with Crippen molar-refractivity contribution in [2.45, 2.75) is 25.3 Å². The zero-order chi connectivity index (χ0) is 13.2. The van der Waals surface area contributed by atoms with Crippen LogP contribution >= 0.6 is 0 Å². The lowest BCUT2D eigenvalue weighted by molar-refractivity contribution is 0.796. The van der Waals surface area contributed by atoms with Crippen LogP contribution in [0.5, 0.6) is 0 Å². The molecule has 3 rings (SSSR count). The fourth-order valence-electron chi connectivity index (χ4n) is 2.50. The summed E-state index contributed by atoms with van der Waals surface area (Å²) in [4.78, 5) is 6.48. The molecule has 1 saturated carbocycles. The number of hydrogen-bond donors (Lipinski definition) is 1. The van der Waals surface area contributed by atoms with Crippen molar-refractivity contribution in [1.82, 2.24) is 4.98 Å². The van der Waals surface area contributed by atoms with Gasteiger partial charge in [0.15, 0.2) is 0 Å². The van der Waals surface area contributed by atoms with Crippen molar-refractivity contribution < 1.29 is 0 Å². The summed E-state index contributed by atoms with van der Waals surface area (Å²) in [6.07, 6.45) is 6.57. The third-order valence-electron chi connectivity index (χ3n) is 3.59. The fraction of sp³-hybridized carbons (Fsp3) is 0.333. The van der Waals surface area contributed by atoms with E-state index in [4.69, 9.17) is 11.0 Å². The highest BCUT2D eigenvalue weighted by Gasteiger charge is 2.29. The van der Waals surface area contributed by atoms with Gasteiger partial charge in [-0.25, -0.2) is 0 Å². The highest BCUT2D eigenvalue weighted by Crippen LogP contribution is 2.37. The van der Waals surface area contributed by atoms with Crippen LogP contribution in [-0.4, -0.2) is 17.6 Å². The van der Waals surface area contributed by atoms with Gasteiger partial charge >= 0.3 is 0 Å². The van der Waals surface area contributed by atoms with Crippen molar-refractivity contribution in [3.8, 4) is 6.07 Å². The molecule has 1 heterocycles. The van der Waals surface area contributed by atoms with Gasteiger partial charge in [-0.3, -0.25) is 4.98 Å². The molecule has 4 heteroatoms. The lowest BCUT2D eigenvalue weighted by Gasteiger charge is -2.25. The lowest BCUT2D eigenvalue weighted by atomic mass is 10.1. The van der Waals surface area contributed by atoms with Crippen LogP contribution in [0.3, 0.4) is 0 Å². The number of nitriles is 1. The average Bonchev–Trinajstić information content (AvgIpc) is 3.26. The van der Waals surface area contributed by atoms with Crippen LogP contribution in [0.2, 0.25) is 0 Å². The number of fused-ring (bicyclic) bond motifs is 1. The van der Waals surface area contributed by atoms with Crippen LogP contribution in [0.4, 0.5) is 11.4 Å². The fourth-order valence-corrected chi connectivity index (χ4v) is 2.50. The molecule has 19 heavy (non-hydrogen) atoms. The summed E-state index contributed by atoms with van der Waals surface area (Å²) in [5, 5.41) is 10.9. The topological polar surface area (TPSA) is 65.9 Å². The Labute approximate surface area is 112 Å². The third-order valence-corrected chi connectivity index (χ3v) is 3.59. The van der Waals surface area contributed by atoms with E-state index in [9.17, 15) is 0 Å². The van der Waals surface area contributed by atoms with E-state index in [1.54, 1.807) is 6.20 Å². The van der Waals surface area contributed by atoms with E-state index < -0.39 is 0 Å². The molecule has 1 fully saturated rings. The normalized spacial score (nSPS) is 14.3. The van der Waals surface area contributed by atoms with Crippen LogP contribution in [0, 0.1) is 11.3 Å². The van der Waals surface area contributed by atoms with E-state index >= 15 is 0 Å². The molecular weight excluding hydrogens is 236 g/mol. The summed E-state index contributed by atoms with van der Waals surface area (Å²) in [5.74, 6) is 0. The molecule has 1 aromatic heterocycles. The summed E-state index contributed by atoms with van der Waals surface area (Å²) >= 11 is 0. The molecule has 0 bridgehead atoms. The van der Waals surface area contributed by atoms with E-state index in [2.05, 4.69) is 22.0 Å². The average molecular weight is 252 g/mol. The van der Waals surface area contributed by atoms with E-state index in [1.165, 1.54) is 18.5 Å². The Balaban J connectivity index is 2.08. The third kappa shape index (κ3) is 2.19. The van der Waals surface area contributed by atoms with Gasteiger partial charge in [-0.15, -0.1) is 0 Å². The highest BCUT2D eigenvalue weighted by molar-refractivity contribution is 6.01. The molecule has 0 atom stereocenters. The maximum atomic E-state index is 8.81. The summed E-state index contributed by atoms with van der Waals surface area (Å²) in [5.41, 5.74) is 7.93. The molecule has 0 saturated heterocycles. The minimum atomic E-state index is 0.549. The van der Waals surface area contributed by atoms with Crippen molar-refractivity contribution in [3.63, 3.8) is 0 Å². The number of nitrogens with zero attached hydrogens (tertiary/aromatic N) is 3. The van der Waals surface area contributed by atoms with Crippen LogP contribution in [0.15, 0.2) is 30.6 Å². The van der Waals surface area contributed by atoms with Gasteiger partial charge in [-0.1, -0.05) is 0 Å². The van der Waals surface area contributed by atoms with Crippen LogP contribution in [0.25, 0.3) is 10.8 Å². The molecule has 2 aromatic rings. The minimum absolute atomic E-state index is 0.549. The lowest BCUT2D eigenvalue weighted by Crippen LogP contribution is -2.26. The number of anilines is 2. The zero-order valence-electron chi connectivity index (χ0n) is 10.7. The Hall–Kier alpha value is -2.28. The number of rotatable bonds is 4. The maximum absolute atomic E-state index is 8.81. The molecule has 0 unspecified atom stereocenters. The van der Waals surface area contributed by atoms with E-state index in [-0.39, 0.29) is 0 Å². The van der Waals surface area contributed by atoms with Crippen molar-refractivity contribution in [2.75, 3.05) is 17.2 Å². The Morgan fingerprint density at radius 2 is 2.16 bits per heavy atom. The first-order valence-corrected chi connectivity index (χ1v) is 6.57. The molecule has 96 valence electrons. The van der Waals surface area contributed by atoms with Crippen molar-refractivity contribution in [3.05, 3.63) is 30.6 Å². The van der Waals surface area contributed by atoms with E-state index in [0.717, 1.165) is 23.0 Å². The Morgan fingerprint density at radius 1 is 1.32 bits per heavy atom. The molecule has 0 spiro atoms. The van der Waals surface area contributed by atoms with Gasteiger partial charge in [0.1, 0.15) is 0 Å². The molecule has 0 aliphatic heterocycles. The van der Waals surface area contributed by atoms with Crippen molar-refractivity contribution in [1.29, 1.82) is 5.26 Å². The quantitative estimate of drug-likeness (QED) is 0.850. The van der Waals surface area contributed by atoms with Gasteiger partial charge in [0.2, 0.25) is 0 Å². The number of benzene rings is 1. The van der Waals surface area contributed by atoms with E-state index in [1.807, 2.05) is 18.3 Å². The molecule has 4 nitrogen and oxygen atoms in total. The Kier molecular flexibility index (Phi) is 2.96. The number of aromatic nitrogens is 1. The summed E-state index contributed by atoms with van der Waals surface area (Å²) in [7, 11) is 0. The summed E-state index contributed by atoms with van der Waals surface area (Å²) in [6, 6.07) is 8.81. The van der Waals surface area contributed by atoms with Crippen molar-refractivity contribution in [2.24, 2.45) is 0 Å². The summed E-state index contributed by atoms with van der Waals surface area (Å²) < 4.78 is 0. The highest BCUT2D eigenvalue weighted by atomic mass is 15.2. The van der Waals surface area contributed by atoms with Crippen molar-refractivity contribution >= 4 is 22.1 Å². The predicted octanol–water partition coefficient (Wildman–Crippen LogP) is 2.70. The monoisotopic (exact) mass is 252 g/mol. The Morgan fingerprint density at radius 3 is 2.89 bits per heavy atom. The minimum Gasteiger partial charge on any atom is -0.398 e.